The van der Waals surface area contributed by atoms with Crippen LogP contribution in [0.2, 0.25) is 0 Å². The first-order valence-corrected chi connectivity index (χ1v) is 14.1. The Balaban J connectivity index is 0.00000462. The average molecular weight is 572 g/mol. The van der Waals surface area contributed by atoms with Crippen LogP contribution in [0.15, 0.2) is 108 Å². The van der Waals surface area contributed by atoms with E-state index in [1.54, 1.807) is 48.5 Å². The van der Waals surface area contributed by atoms with Crippen LogP contribution in [0.25, 0.3) is 11.1 Å². The van der Waals surface area contributed by atoms with Crippen molar-refractivity contribution in [2.24, 2.45) is 5.73 Å². The van der Waals surface area contributed by atoms with Gasteiger partial charge < -0.3 is 11.1 Å². The second kappa shape index (κ2) is 13.6. The number of ketones is 1. The summed E-state index contributed by atoms with van der Waals surface area (Å²) in [5, 5.41) is 2.75. The van der Waals surface area contributed by atoms with Crippen LogP contribution in [0.3, 0.4) is 0 Å². The van der Waals surface area contributed by atoms with E-state index in [2.05, 4.69) is 10.0 Å². The van der Waals surface area contributed by atoms with Gasteiger partial charge in [0.1, 0.15) is 6.04 Å². The van der Waals surface area contributed by atoms with Gasteiger partial charge in [-0.15, -0.1) is 0 Å². The maximum Gasteiger partial charge on any atom is 0.252 e. The number of carbonyl (C=O) groups is 3. The van der Waals surface area contributed by atoms with E-state index in [9.17, 15) is 22.8 Å². The van der Waals surface area contributed by atoms with Crippen LogP contribution >= 0.6 is 0 Å². The minimum absolute atomic E-state index is 0. The van der Waals surface area contributed by atoms with Crippen molar-refractivity contribution in [1.29, 1.82) is 0 Å². The minimum Gasteiger partial charge on any atom is -0.368 e. The van der Waals surface area contributed by atoms with E-state index < -0.39 is 27.9 Å². The number of Topliss-reactive ketones (excluding diaryl/α,β-unsaturated/α-hetero) is 1. The second-order valence-electron chi connectivity index (χ2n) is 9.23. The number of carbonyl (C=O) groups excluding carboxylic acids is 3. The Kier molecular flexibility index (Phi) is 10.3. The highest BCUT2D eigenvalue weighted by molar-refractivity contribution is 7.89. The van der Waals surface area contributed by atoms with E-state index in [4.69, 9.17) is 5.73 Å². The molecule has 0 saturated carbocycles. The Morgan fingerprint density at radius 1 is 0.780 bits per heavy atom. The smallest absolute Gasteiger partial charge is 0.252 e. The number of rotatable bonds is 11. The lowest BCUT2D eigenvalue weighted by Gasteiger charge is -2.18. The van der Waals surface area contributed by atoms with E-state index in [0.717, 1.165) is 5.56 Å². The third-order valence-corrected chi connectivity index (χ3v) is 7.85. The van der Waals surface area contributed by atoms with E-state index in [0.29, 0.717) is 27.8 Å². The van der Waals surface area contributed by atoms with Gasteiger partial charge in [-0.3, -0.25) is 14.4 Å². The van der Waals surface area contributed by atoms with Crippen LogP contribution in [0.4, 0.5) is 0 Å². The fourth-order valence-corrected chi connectivity index (χ4v) is 5.29. The second-order valence-corrected chi connectivity index (χ2v) is 11.0. The van der Waals surface area contributed by atoms with Crippen molar-refractivity contribution in [3.05, 3.63) is 125 Å². The first kappa shape index (κ1) is 30.9. The summed E-state index contributed by atoms with van der Waals surface area (Å²) in [5.74, 6) is -1.28. The van der Waals surface area contributed by atoms with E-state index in [1.807, 2.05) is 30.3 Å². The number of nitrogens with two attached hydrogens (primary N) is 1. The van der Waals surface area contributed by atoms with Crippen molar-refractivity contribution in [2.45, 2.75) is 38.3 Å². The molecule has 0 aliphatic rings. The molecule has 0 spiro atoms. The Labute approximate surface area is 240 Å². The Morgan fingerprint density at radius 3 is 2.00 bits per heavy atom. The summed E-state index contributed by atoms with van der Waals surface area (Å²) >= 11 is 0. The molecule has 4 aromatic rings. The quantitative estimate of drug-likeness (QED) is 0.228. The molecule has 0 heterocycles. The molecule has 2 amide bonds. The molecule has 4 rings (SSSR count). The molecule has 0 radical (unpaired) electrons. The third kappa shape index (κ3) is 7.75. The predicted octanol–water partition coefficient (Wildman–Crippen LogP) is 4.50. The summed E-state index contributed by atoms with van der Waals surface area (Å²) in [6.07, 6.45) is 0.246. The molecule has 4 aromatic carbocycles. The number of nitrogens with one attached hydrogen (secondary N) is 2. The fraction of sp³-hybridized carbons (Fsp3) is 0.156. The van der Waals surface area contributed by atoms with Crippen molar-refractivity contribution in [3.8, 4) is 11.1 Å². The normalized spacial score (nSPS) is 11.6. The largest absolute Gasteiger partial charge is 0.368 e. The van der Waals surface area contributed by atoms with Crippen molar-refractivity contribution >= 4 is 27.6 Å². The summed E-state index contributed by atoms with van der Waals surface area (Å²) in [6.45, 7) is 1.37. The number of hydrogen-bond acceptors (Lipinski definition) is 5. The summed E-state index contributed by atoms with van der Waals surface area (Å²) in [6, 6.07) is 28.1. The zero-order valence-corrected chi connectivity index (χ0v) is 22.6. The Bertz CT molecular complexity index is 1640. The zero-order chi connectivity index (χ0) is 28.7. The van der Waals surface area contributed by atoms with Crippen LogP contribution in [-0.2, 0) is 27.8 Å². The first-order chi connectivity index (χ1) is 19.2. The number of primary amides is 1. The molecule has 0 fully saturated rings. The molecule has 8 nitrogen and oxygen atoms in total. The number of sulfonamides is 1. The van der Waals surface area contributed by atoms with Gasteiger partial charge in [-0.25, -0.2) is 13.1 Å². The zero-order valence-electron chi connectivity index (χ0n) is 21.8. The number of benzene rings is 4. The highest BCUT2D eigenvalue weighted by atomic mass is 32.2. The standard InChI is InChI=1S/C31H29N3O5S.CH4/c1-21(35)23-15-17-25(18-16-23)40(38,39)33-20-24-11-5-6-12-26(24)27-13-7-8-14-28(27)31(37)34-29(30(32)36)19-22-9-3-2-4-10-22;/h2-18,29,33H,19-20H2,1H3,(H2,32,36)(H,34,37);1H4/t29-;/m0./s1. The Hall–Kier alpha value is -4.60. The van der Waals surface area contributed by atoms with Crippen molar-refractivity contribution in [2.75, 3.05) is 0 Å². The molecule has 9 heteroatoms. The minimum atomic E-state index is -3.87. The molecule has 0 bridgehead atoms. The van der Waals surface area contributed by atoms with Gasteiger partial charge >= 0.3 is 0 Å². The van der Waals surface area contributed by atoms with Gasteiger partial charge in [0.05, 0.1) is 4.90 Å². The van der Waals surface area contributed by atoms with Crippen LogP contribution in [0.1, 0.15) is 46.2 Å². The van der Waals surface area contributed by atoms with Gasteiger partial charge in [-0.1, -0.05) is 92.4 Å². The summed E-state index contributed by atoms with van der Waals surface area (Å²) < 4.78 is 28.5. The maximum atomic E-state index is 13.4. The highest BCUT2D eigenvalue weighted by Gasteiger charge is 2.22. The molecule has 0 aromatic heterocycles. The van der Waals surface area contributed by atoms with Gasteiger partial charge in [0.2, 0.25) is 15.9 Å². The maximum absolute atomic E-state index is 13.4. The lowest BCUT2D eigenvalue weighted by atomic mass is 9.94. The molecule has 1 atom stereocenters. The number of hydrogen-bond donors (Lipinski definition) is 3. The van der Waals surface area contributed by atoms with Crippen LogP contribution in [-0.4, -0.2) is 32.1 Å². The first-order valence-electron chi connectivity index (χ1n) is 12.6. The van der Waals surface area contributed by atoms with Crippen molar-refractivity contribution < 1.29 is 22.8 Å². The predicted molar refractivity (Wildman–Crippen MR) is 160 cm³/mol. The van der Waals surface area contributed by atoms with E-state index in [1.165, 1.54) is 31.2 Å². The van der Waals surface area contributed by atoms with E-state index >= 15 is 0 Å². The molecule has 4 N–H and O–H groups in total. The van der Waals surface area contributed by atoms with Crippen LogP contribution in [0, 0.1) is 0 Å². The van der Waals surface area contributed by atoms with Gasteiger partial charge in [0.15, 0.2) is 5.78 Å². The molecule has 41 heavy (non-hydrogen) atoms. The third-order valence-electron chi connectivity index (χ3n) is 6.43. The number of amides is 2. The monoisotopic (exact) mass is 571 g/mol. The topological polar surface area (TPSA) is 135 Å². The molecular weight excluding hydrogens is 538 g/mol. The van der Waals surface area contributed by atoms with Gasteiger partial charge in [-0.05, 0) is 47.4 Å². The van der Waals surface area contributed by atoms with Crippen molar-refractivity contribution in [3.63, 3.8) is 0 Å². The lowest BCUT2D eigenvalue weighted by molar-refractivity contribution is -0.119. The summed E-state index contributed by atoms with van der Waals surface area (Å²) in [5.41, 5.74) is 9.06. The van der Waals surface area contributed by atoms with Gasteiger partial charge in [-0.2, -0.15) is 0 Å². The summed E-state index contributed by atoms with van der Waals surface area (Å²) in [4.78, 5) is 37.1. The summed E-state index contributed by atoms with van der Waals surface area (Å²) in [7, 11) is -3.87. The molecule has 0 aliphatic carbocycles. The van der Waals surface area contributed by atoms with Gasteiger partial charge in [0, 0.05) is 24.1 Å². The molecule has 0 unspecified atom stereocenters. The average Bonchev–Trinajstić information content (AvgIpc) is 2.96. The van der Waals surface area contributed by atoms with Crippen molar-refractivity contribution in [1.82, 2.24) is 10.0 Å². The van der Waals surface area contributed by atoms with Crippen LogP contribution in [0.5, 0.6) is 0 Å². The van der Waals surface area contributed by atoms with Crippen LogP contribution < -0.4 is 15.8 Å². The SMILES string of the molecule is C.CC(=O)c1ccc(S(=O)(=O)NCc2ccccc2-c2ccccc2C(=O)N[C@@H](Cc2ccccc2)C(N)=O)cc1. The lowest BCUT2D eigenvalue weighted by Crippen LogP contribution is -2.46. The molecular formula is C32H33N3O5S. The van der Waals surface area contributed by atoms with Gasteiger partial charge in [0.25, 0.3) is 5.91 Å². The highest BCUT2D eigenvalue weighted by Crippen LogP contribution is 2.28. The molecule has 212 valence electrons. The Morgan fingerprint density at radius 2 is 1.37 bits per heavy atom. The molecule has 0 aliphatic heterocycles. The van der Waals surface area contributed by atoms with E-state index in [-0.39, 0.29) is 31.1 Å². The fourth-order valence-electron chi connectivity index (χ4n) is 4.29. The molecule has 0 saturated heterocycles.